The van der Waals surface area contributed by atoms with Crippen molar-refractivity contribution in [3.63, 3.8) is 0 Å². The summed E-state index contributed by atoms with van der Waals surface area (Å²) < 4.78 is 35.2. The number of fused-ring (bicyclic) bond motifs is 1. The molecule has 2 heterocycles. The third kappa shape index (κ3) is 5.22. The molecule has 2 N–H and O–H groups in total. The zero-order valence-corrected chi connectivity index (χ0v) is 25.8. The van der Waals surface area contributed by atoms with Crippen LogP contribution < -0.4 is 0 Å². The molecule has 13 nitrogen and oxygen atoms in total. The van der Waals surface area contributed by atoms with Crippen molar-refractivity contribution >= 4 is 29.8 Å². The Hall–Kier alpha value is -3.03. The number of hydrogen-bond donors (Lipinski definition) is 2. The lowest BCUT2D eigenvalue weighted by Crippen LogP contribution is -2.69. The van der Waals surface area contributed by atoms with Crippen LogP contribution in [-0.2, 0) is 52.4 Å². The van der Waals surface area contributed by atoms with Crippen LogP contribution in [0.2, 0.25) is 0 Å². The van der Waals surface area contributed by atoms with Crippen LogP contribution in [0.15, 0.2) is 11.6 Å². The quantitative estimate of drug-likeness (QED) is 0.190. The zero-order valence-electron chi connectivity index (χ0n) is 25.8. The summed E-state index contributed by atoms with van der Waals surface area (Å²) in [7, 11) is 0. The monoisotopic (exact) mass is 610 g/mol. The van der Waals surface area contributed by atoms with Crippen molar-refractivity contribution in [3.8, 4) is 0 Å². The predicted octanol–water partition coefficient (Wildman–Crippen LogP) is 1.29. The van der Waals surface area contributed by atoms with Gasteiger partial charge in [0.15, 0.2) is 23.4 Å². The third-order valence-electron chi connectivity index (χ3n) is 9.62. The smallest absolute Gasteiger partial charge is 0.342 e. The molecule has 240 valence electrons. The molecule has 2 saturated heterocycles. The summed E-state index contributed by atoms with van der Waals surface area (Å²) in [6, 6.07) is 0. The molecule has 1 spiro atoms. The van der Waals surface area contributed by atoms with Crippen molar-refractivity contribution < 1.29 is 62.6 Å². The van der Waals surface area contributed by atoms with Gasteiger partial charge in [-0.2, -0.15) is 0 Å². The van der Waals surface area contributed by atoms with Gasteiger partial charge >= 0.3 is 29.8 Å². The van der Waals surface area contributed by atoms with Crippen LogP contribution in [0.5, 0.6) is 0 Å². The van der Waals surface area contributed by atoms with E-state index in [1.807, 2.05) is 0 Å². The molecule has 0 amide bonds. The number of aliphatic hydroxyl groups is 2. The molecule has 4 rings (SSSR count). The van der Waals surface area contributed by atoms with Crippen molar-refractivity contribution in [3.05, 3.63) is 11.6 Å². The molecule has 43 heavy (non-hydrogen) atoms. The summed E-state index contributed by atoms with van der Waals surface area (Å²) in [6.07, 6.45) is -7.63. The molecule has 2 aliphatic carbocycles. The highest BCUT2D eigenvalue weighted by molar-refractivity contribution is 5.89. The first kappa shape index (κ1) is 32.9. The lowest BCUT2D eigenvalue weighted by Gasteiger charge is -2.57. The molecule has 2 aliphatic heterocycles. The van der Waals surface area contributed by atoms with Crippen molar-refractivity contribution in [2.75, 3.05) is 0 Å². The van der Waals surface area contributed by atoms with Crippen LogP contribution >= 0.6 is 0 Å². The van der Waals surface area contributed by atoms with E-state index in [1.54, 1.807) is 27.7 Å². The molecule has 12 atom stereocenters. The minimum atomic E-state index is -1.73. The number of ether oxygens (including phenoxy) is 6. The Morgan fingerprint density at radius 1 is 0.977 bits per heavy atom. The van der Waals surface area contributed by atoms with Gasteiger partial charge in [-0.3, -0.25) is 19.2 Å². The minimum absolute atomic E-state index is 0.0337. The van der Waals surface area contributed by atoms with E-state index in [9.17, 15) is 34.2 Å². The number of epoxide rings is 1. The fourth-order valence-electron chi connectivity index (χ4n) is 7.54. The van der Waals surface area contributed by atoms with Gasteiger partial charge in [0.2, 0.25) is 0 Å². The lowest BCUT2D eigenvalue weighted by atomic mass is 9.52. The van der Waals surface area contributed by atoms with E-state index >= 15 is 0 Å². The summed E-state index contributed by atoms with van der Waals surface area (Å²) >= 11 is 0. The van der Waals surface area contributed by atoms with E-state index in [1.165, 1.54) is 26.8 Å². The van der Waals surface area contributed by atoms with Gasteiger partial charge in [0, 0.05) is 39.5 Å². The van der Waals surface area contributed by atoms with Crippen molar-refractivity contribution in [2.24, 2.45) is 17.3 Å². The number of hydrogen-bond acceptors (Lipinski definition) is 13. The number of carbonyl (C=O) groups is 5. The van der Waals surface area contributed by atoms with E-state index in [2.05, 4.69) is 0 Å². The fourth-order valence-corrected chi connectivity index (χ4v) is 7.54. The van der Waals surface area contributed by atoms with E-state index in [-0.39, 0.29) is 18.4 Å². The van der Waals surface area contributed by atoms with Crippen LogP contribution in [0.4, 0.5) is 0 Å². The maximum atomic E-state index is 13.2. The molecule has 1 saturated carbocycles. The summed E-state index contributed by atoms with van der Waals surface area (Å²) in [5.74, 6) is -5.42. The highest BCUT2D eigenvalue weighted by atomic mass is 16.7. The molecule has 3 fully saturated rings. The average Bonchev–Trinajstić information content (AvgIpc) is 3.48. The van der Waals surface area contributed by atoms with Crippen molar-refractivity contribution in [1.29, 1.82) is 0 Å². The highest BCUT2D eigenvalue weighted by Crippen LogP contribution is 2.65. The Balaban J connectivity index is 2.07. The van der Waals surface area contributed by atoms with Gasteiger partial charge in [0.05, 0.1) is 11.5 Å². The first-order valence-electron chi connectivity index (χ1n) is 14.6. The van der Waals surface area contributed by atoms with E-state index in [4.69, 9.17) is 28.4 Å². The first-order valence-corrected chi connectivity index (χ1v) is 14.6. The standard InChI is InChI=1S/C30H42O13/c1-9-10-21(35)42-24-13(2)11-20-30(29(8,43-30)27(37)41-20)25(39-16(5)32)22-14(3)18(34)12-19(38-15(4)31)28(22,7)26(23(24)36)40-17(6)33/h11,14,18-20,22-26,34,36H,9-10,12H2,1-8H3/b13-11-/t14-,18-,19-,20-,22+,23-,24?,25?,26-,28-,29-,30+/m0/s1. The Kier molecular flexibility index (Phi) is 8.77. The molecule has 0 bridgehead atoms. The van der Waals surface area contributed by atoms with Crippen LogP contribution in [0.25, 0.3) is 0 Å². The second kappa shape index (κ2) is 11.5. The van der Waals surface area contributed by atoms with Gasteiger partial charge in [-0.1, -0.05) is 20.8 Å². The third-order valence-corrected chi connectivity index (χ3v) is 9.62. The van der Waals surface area contributed by atoms with Crippen LogP contribution in [0.3, 0.4) is 0 Å². The summed E-state index contributed by atoms with van der Waals surface area (Å²) in [4.78, 5) is 63.7. The molecule has 0 aromatic heterocycles. The molecular weight excluding hydrogens is 568 g/mol. The van der Waals surface area contributed by atoms with Gasteiger partial charge in [-0.05, 0) is 37.8 Å². The summed E-state index contributed by atoms with van der Waals surface area (Å²) in [5.41, 5.74) is -4.55. The Bertz CT molecular complexity index is 1210. The fraction of sp³-hybridized carbons (Fsp3) is 0.767. The van der Waals surface area contributed by atoms with Crippen LogP contribution in [0, 0.1) is 17.3 Å². The number of rotatable bonds is 6. The lowest BCUT2D eigenvalue weighted by molar-refractivity contribution is -0.249. The molecule has 0 aromatic carbocycles. The first-order chi connectivity index (χ1) is 19.9. The summed E-state index contributed by atoms with van der Waals surface area (Å²) in [6.45, 7) is 11.6. The Morgan fingerprint density at radius 3 is 2.09 bits per heavy atom. The molecule has 2 unspecified atom stereocenters. The van der Waals surface area contributed by atoms with Gasteiger partial charge in [0.1, 0.15) is 24.4 Å². The normalized spacial score (nSPS) is 44.7. The van der Waals surface area contributed by atoms with Gasteiger partial charge in [0.25, 0.3) is 0 Å². The zero-order chi connectivity index (χ0) is 32.2. The Labute approximate surface area is 250 Å². The predicted molar refractivity (Wildman–Crippen MR) is 145 cm³/mol. The molecule has 4 aliphatic rings. The van der Waals surface area contributed by atoms with Gasteiger partial charge < -0.3 is 38.6 Å². The second-order valence-electron chi connectivity index (χ2n) is 12.5. The topological polar surface area (TPSA) is 184 Å². The van der Waals surface area contributed by atoms with Crippen LogP contribution in [0.1, 0.15) is 74.7 Å². The largest absolute Gasteiger partial charge is 0.462 e. The number of carbonyl (C=O) groups excluding carboxylic acids is 5. The van der Waals surface area contributed by atoms with E-state index < -0.39 is 101 Å². The van der Waals surface area contributed by atoms with E-state index in [0.29, 0.717) is 6.42 Å². The maximum Gasteiger partial charge on any atom is 0.342 e. The maximum absolute atomic E-state index is 13.2. The minimum Gasteiger partial charge on any atom is -0.462 e. The summed E-state index contributed by atoms with van der Waals surface area (Å²) in [5, 5.41) is 23.3. The highest BCUT2D eigenvalue weighted by Gasteiger charge is 2.87. The van der Waals surface area contributed by atoms with Gasteiger partial charge in [-0.25, -0.2) is 4.79 Å². The molecular formula is C30H42O13. The van der Waals surface area contributed by atoms with Gasteiger partial charge in [-0.15, -0.1) is 0 Å². The molecule has 0 aromatic rings. The van der Waals surface area contributed by atoms with Crippen LogP contribution in [-0.4, -0.2) is 94.0 Å². The van der Waals surface area contributed by atoms with Crippen molar-refractivity contribution in [1.82, 2.24) is 0 Å². The number of esters is 5. The van der Waals surface area contributed by atoms with E-state index in [0.717, 1.165) is 6.92 Å². The second-order valence-corrected chi connectivity index (χ2v) is 12.5. The SMILES string of the molecule is CCCC(=O)OC1/C(C)=C\[C@@H]2OC(=O)[C@]3(C)O[C@@]23C(OC(C)=O)[C@H]2[C@@H](C)[C@@H](O)C[C@H](OC(C)=O)[C@]2(C)[C@@H](OC(C)=O)[C@H]1O. The van der Waals surface area contributed by atoms with Crippen molar-refractivity contribution in [2.45, 2.75) is 129 Å². The number of aliphatic hydroxyl groups excluding tert-OH is 2. The Morgan fingerprint density at radius 2 is 1.56 bits per heavy atom. The average molecular weight is 611 g/mol. The molecule has 0 radical (unpaired) electrons. The molecule has 13 heteroatoms.